The fourth-order valence-corrected chi connectivity index (χ4v) is 2.07. The standard InChI is InChI=1S/C15H10NO/c16-15(17)13-7-3-6-12-8-10-4-1-2-5-11(10)9-14(12)13/h1-8H,(H2,16,17). The van der Waals surface area contributed by atoms with Gasteiger partial charge in [0.05, 0.1) is 0 Å². The molecule has 0 aromatic heterocycles. The highest BCUT2D eigenvalue weighted by molar-refractivity contribution is 6.09. The van der Waals surface area contributed by atoms with Crippen molar-refractivity contribution in [3.8, 4) is 0 Å². The van der Waals surface area contributed by atoms with Crippen LogP contribution in [0.25, 0.3) is 21.5 Å². The van der Waals surface area contributed by atoms with Crippen LogP contribution in [0.2, 0.25) is 0 Å². The van der Waals surface area contributed by atoms with Crippen molar-refractivity contribution in [2.24, 2.45) is 5.73 Å². The van der Waals surface area contributed by atoms with Crippen LogP contribution in [0.15, 0.2) is 48.5 Å². The largest absolute Gasteiger partial charge is 0.366 e. The molecule has 2 nitrogen and oxygen atoms in total. The molecule has 2 heteroatoms. The third kappa shape index (κ3) is 1.54. The first-order valence-electron chi connectivity index (χ1n) is 5.39. The fraction of sp³-hybridized carbons (Fsp3) is 0. The first kappa shape index (κ1) is 9.85. The van der Waals surface area contributed by atoms with Crippen molar-refractivity contribution < 1.29 is 4.79 Å². The van der Waals surface area contributed by atoms with Crippen LogP contribution in [0.5, 0.6) is 0 Å². The lowest BCUT2D eigenvalue weighted by atomic mass is 9.99. The van der Waals surface area contributed by atoms with Crippen molar-refractivity contribution in [1.82, 2.24) is 0 Å². The normalized spacial score (nSPS) is 10.8. The fourth-order valence-electron chi connectivity index (χ4n) is 2.07. The molecule has 0 bridgehead atoms. The van der Waals surface area contributed by atoms with E-state index < -0.39 is 5.91 Å². The molecule has 0 fully saturated rings. The highest BCUT2D eigenvalue weighted by Crippen LogP contribution is 2.24. The first-order valence-corrected chi connectivity index (χ1v) is 5.39. The van der Waals surface area contributed by atoms with Gasteiger partial charge in [-0.25, -0.2) is 0 Å². The van der Waals surface area contributed by atoms with E-state index in [9.17, 15) is 4.79 Å². The van der Waals surface area contributed by atoms with E-state index in [1.807, 2.05) is 42.5 Å². The maximum Gasteiger partial charge on any atom is 0.249 e. The summed E-state index contributed by atoms with van der Waals surface area (Å²) in [5, 5.41) is 3.88. The summed E-state index contributed by atoms with van der Waals surface area (Å²) in [6.45, 7) is 0. The molecule has 0 aliphatic heterocycles. The van der Waals surface area contributed by atoms with Crippen molar-refractivity contribution in [3.05, 3.63) is 60.2 Å². The zero-order valence-corrected chi connectivity index (χ0v) is 9.10. The average molecular weight is 220 g/mol. The van der Waals surface area contributed by atoms with Gasteiger partial charge in [0.25, 0.3) is 0 Å². The molecule has 81 valence electrons. The number of fused-ring (bicyclic) bond motifs is 2. The Hall–Kier alpha value is -2.35. The van der Waals surface area contributed by atoms with Gasteiger partial charge in [-0.3, -0.25) is 4.79 Å². The molecule has 1 amide bonds. The SMILES string of the molecule is NC(=O)c1cccc2cc3ccccc3[c]c12. The highest BCUT2D eigenvalue weighted by Gasteiger charge is 2.07. The van der Waals surface area contributed by atoms with Crippen molar-refractivity contribution >= 4 is 27.5 Å². The number of hydrogen-bond acceptors (Lipinski definition) is 1. The van der Waals surface area contributed by atoms with Gasteiger partial charge >= 0.3 is 0 Å². The third-order valence-corrected chi connectivity index (χ3v) is 2.89. The Morgan fingerprint density at radius 3 is 2.59 bits per heavy atom. The summed E-state index contributed by atoms with van der Waals surface area (Å²) in [5.41, 5.74) is 5.89. The van der Waals surface area contributed by atoms with Crippen LogP contribution in [0, 0.1) is 6.07 Å². The molecule has 0 heterocycles. The second kappa shape index (κ2) is 3.59. The van der Waals surface area contributed by atoms with Crippen LogP contribution in [-0.2, 0) is 0 Å². The second-order valence-corrected chi connectivity index (χ2v) is 3.99. The van der Waals surface area contributed by atoms with E-state index in [0.717, 1.165) is 21.5 Å². The van der Waals surface area contributed by atoms with E-state index in [0.29, 0.717) is 5.56 Å². The van der Waals surface area contributed by atoms with Gasteiger partial charge in [-0.2, -0.15) is 0 Å². The summed E-state index contributed by atoms with van der Waals surface area (Å²) >= 11 is 0. The minimum Gasteiger partial charge on any atom is -0.366 e. The number of rotatable bonds is 1. The Morgan fingerprint density at radius 2 is 1.76 bits per heavy atom. The molecule has 0 aliphatic carbocycles. The molecule has 0 saturated heterocycles. The lowest BCUT2D eigenvalue weighted by Crippen LogP contribution is -2.11. The summed E-state index contributed by atoms with van der Waals surface area (Å²) in [4.78, 5) is 11.4. The Morgan fingerprint density at radius 1 is 1.00 bits per heavy atom. The maximum atomic E-state index is 11.4. The molecule has 3 rings (SSSR count). The Labute approximate surface area is 98.7 Å². The number of nitrogens with two attached hydrogens (primary N) is 1. The first-order chi connectivity index (χ1) is 8.25. The molecule has 0 atom stereocenters. The van der Waals surface area contributed by atoms with E-state index >= 15 is 0 Å². The van der Waals surface area contributed by atoms with Crippen LogP contribution in [-0.4, -0.2) is 5.91 Å². The van der Waals surface area contributed by atoms with Crippen LogP contribution in [0.3, 0.4) is 0 Å². The van der Waals surface area contributed by atoms with Gasteiger partial charge in [0.15, 0.2) is 0 Å². The summed E-state index contributed by atoms with van der Waals surface area (Å²) in [6, 6.07) is 18.8. The van der Waals surface area contributed by atoms with Crippen LogP contribution in [0.1, 0.15) is 10.4 Å². The van der Waals surface area contributed by atoms with Gasteiger partial charge in [-0.1, -0.05) is 36.4 Å². The number of carbonyl (C=O) groups excluding carboxylic acids is 1. The molecular formula is C15H10NO. The Bertz CT molecular complexity index is 731. The number of primary amides is 1. The van der Waals surface area contributed by atoms with E-state index in [-0.39, 0.29) is 0 Å². The second-order valence-electron chi connectivity index (χ2n) is 3.99. The molecule has 1 radical (unpaired) electrons. The molecule has 0 spiro atoms. The summed E-state index contributed by atoms with van der Waals surface area (Å²) in [6.07, 6.45) is 0. The smallest absolute Gasteiger partial charge is 0.249 e. The van der Waals surface area contributed by atoms with Crippen molar-refractivity contribution in [3.63, 3.8) is 0 Å². The Balaban J connectivity index is 2.47. The van der Waals surface area contributed by atoms with E-state index in [1.165, 1.54) is 0 Å². The Kier molecular flexibility index (Phi) is 2.08. The molecule has 0 unspecified atom stereocenters. The zero-order valence-electron chi connectivity index (χ0n) is 9.10. The average Bonchev–Trinajstić information content (AvgIpc) is 2.35. The molecule has 0 saturated carbocycles. The monoisotopic (exact) mass is 220 g/mol. The minimum absolute atomic E-state index is 0.415. The number of carbonyl (C=O) groups is 1. The number of hydrogen-bond donors (Lipinski definition) is 1. The molecule has 3 aromatic carbocycles. The van der Waals surface area contributed by atoms with Crippen molar-refractivity contribution in [1.29, 1.82) is 0 Å². The molecule has 2 N–H and O–H groups in total. The van der Waals surface area contributed by atoms with Crippen LogP contribution in [0.4, 0.5) is 0 Å². The van der Waals surface area contributed by atoms with Gasteiger partial charge in [-0.05, 0) is 34.4 Å². The predicted octanol–water partition coefficient (Wildman–Crippen LogP) is 2.89. The molecular weight excluding hydrogens is 210 g/mol. The number of benzene rings is 3. The van der Waals surface area contributed by atoms with E-state index in [4.69, 9.17) is 5.73 Å². The van der Waals surface area contributed by atoms with Gasteiger partial charge in [0.2, 0.25) is 5.91 Å². The maximum absolute atomic E-state index is 11.4. The van der Waals surface area contributed by atoms with Gasteiger partial charge in [0.1, 0.15) is 0 Å². The summed E-state index contributed by atoms with van der Waals surface area (Å²) in [7, 11) is 0. The van der Waals surface area contributed by atoms with Crippen LogP contribution >= 0.6 is 0 Å². The quantitative estimate of drug-likeness (QED) is 0.629. The van der Waals surface area contributed by atoms with E-state index in [1.54, 1.807) is 6.07 Å². The summed E-state index contributed by atoms with van der Waals surface area (Å²) in [5.74, 6) is -0.415. The van der Waals surface area contributed by atoms with Crippen LogP contribution < -0.4 is 5.73 Å². The zero-order chi connectivity index (χ0) is 11.8. The van der Waals surface area contributed by atoms with Crippen molar-refractivity contribution in [2.45, 2.75) is 0 Å². The molecule has 17 heavy (non-hydrogen) atoms. The van der Waals surface area contributed by atoms with E-state index in [2.05, 4.69) is 6.07 Å². The predicted molar refractivity (Wildman–Crippen MR) is 68.8 cm³/mol. The topological polar surface area (TPSA) is 43.1 Å². The lowest BCUT2D eigenvalue weighted by molar-refractivity contribution is 0.100. The number of amides is 1. The lowest BCUT2D eigenvalue weighted by Gasteiger charge is -2.05. The van der Waals surface area contributed by atoms with Gasteiger partial charge < -0.3 is 5.73 Å². The minimum atomic E-state index is -0.415. The van der Waals surface area contributed by atoms with Gasteiger partial charge in [0, 0.05) is 10.9 Å². The van der Waals surface area contributed by atoms with Gasteiger partial charge in [-0.15, -0.1) is 0 Å². The molecule has 0 aliphatic rings. The highest BCUT2D eigenvalue weighted by atomic mass is 16.1. The molecule has 3 aromatic rings. The third-order valence-electron chi connectivity index (χ3n) is 2.89. The summed E-state index contributed by atoms with van der Waals surface area (Å²) < 4.78 is 0. The van der Waals surface area contributed by atoms with Crippen molar-refractivity contribution in [2.75, 3.05) is 0 Å².